The van der Waals surface area contributed by atoms with Gasteiger partial charge < -0.3 is 0 Å². The van der Waals surface area contributed by atoms with Gasteiger partial charge in [0.1, 0.15) is 0 Å². The number of halogens is 1. The standard InChI is InChI=1S/C4H9ClN2/c1-2-4(5)3-7-6/h4,6H,2-3H2,1H3. The van der Waals surface area contributed by atoms with E-state index in [1.165, 1.54) is 0 Å². The van der Waals surface area contributed by atoms with Crippen molar-refractivity contribution in [3.8, 4) is 0 Å². The Bertz CT molecular complexity index is 55.7. The Kier molecular flexibility index (Phi) is 4.00. The molecule has 1 atom stereocenters. The minimum atomic E-state index is 0.0671. The van der Waals surface area contributed by atoms with Crippen LogP contribution in [-0.2, 0) is 0 Å². The first kappa shape index (κ1) is 6.89. The van der Waals surface area contributed by atoms with E-state index in [4.69, 9.17) is 17.1 Å². The lowest BCUT2D eigenvalue weighted by atomic mass is 10.3. The summed E-state index contributed by atoms with van der Waals surface area (Å²) in [6.07, 6.45) is 0.893. The zero-order valence-corrected chi connectivity index (χ0v) is 5.07. The maximum atomic E-state index is 6.38. The van der Waals surface area contributed by atoms with Crippen LogP contribution in [0.4, 0.5) is 0 Å². The van der Waals surface area contributed by atoms with Gasteiger partial charge in [0.2, 0.25) is 0 Å². The van der Waals surface area contributed by atoms with Gasteiger partial charge in [-0.25, -0.2) is 5.53 Å². The average Bonchev–Trinajstić information content (AvgIpc) is 1.68. The summed E-state index contributed by atoms with van der Waals surface area (Å²) in [7, 11) is 0. The van der Waals surface area contributed by atoms with Crippen LogP contribution in [0.1, 0.15) is 13.3 Å². The molecule has 0 aliphatic rings. The van der Waals surface area contributed by atoms with Crippen molar-refractivity contribution in [1.82, 2.24) is 0 Å². The van der Waals surface area contributed by atoms with Crippen LogP contribution in [0, 0.1) is 5.53 Å². The topological polar surface area (TPSA) is 36.2 Å². The van der Waals surface area contributed by atoms with Crippen molar-refractivity contribution >= 4 is 11.6 Å². The van der Waals surface area contributed by atoms with Crippen molar-refractivity contribution in [3.63, 3.8) is 0 Å². The Hall–Kier alpha value is -0.110. The monoisotopic (exact) mass is 120 g/mol. The first-order chi connectivity index (χ1) is 3.31. The van der Waals surface area contributed by atoms with Gasteiger partial charge in [0.05, 0.1) is 11.9 Å². The van der Waals surface area contributed by atoms with E-state index in [-0.39, 0.29) is 5.38 Å². The van der Waals surface area contributed by atoms with Gasteiger partial charge in [0.15, 0.2) is 0 Å². The number of hydrogen-bond acceptors (Lipinski definition) is 2. The molecule has 0 rings (SSSR count). The third kappa shape index (κ3) is 3.73. The predicted octanol–water partition coefficient (Wildman–Crippen LogP) is 2.03. The first-order valence-corrected chi connectivity index (χ1v) is 2.72. The molecule has 7 heavy (non-hydrogen) atoms. The van der Waals surface area contributed by atoms with Gasteiger partial charge in [-0.2, -0.15) is 5.11 Å². The van der Waals surface area contributed by atoms with E-state index in [1.54, 1.807) is 0 Å². The van der Waals surface area contributed by atoms with Crippen LogP contribution in [0.5, 0.6) is 0 Å². The number of alkyl halides is 1. The van der Waals surface area contributed by atoms with Gasteiger partial charge in [0, 0.05) is 0 Å². The van der Waals surface area contributed by atoms with Crippen molar-refractivity contribution in [2.75, 3.05) is 6.54 Å². The fourth-order valence-electron chi connectivity index (χ4n) is 0.228. The van der Waals surface area contributed by atoms with Crippen LogP contribution in [-0.4, -0.2) is 11.9 Å². The van der Waals surface area contributed by atoms with Gasteiger partial charge in [-0.1, -0.05) is 6.92 Å². The number of hydrogen-bond donors (Lipinski definition) is 1. The second kappa shape index (κ2) is 4.06. The lowest BCUT2D eigenvalue weighted by Gasteiger charge is -1.95. The third-order valence-corrected chi connectivity index (χ3v) is 1.18. The van der Waals surface area contributed by atoms with Crippen LogP contribution in [0.3, 0.4) is 0 Å². The lowest BCUT2D eigenvalue weighted by molar-refractivity contribution is 0.771. The second-order valence-electron chi connectivity index (χ2n) is 1.35. The summed E-state index contributed by atoms with van der Waals surface area (Å²) in [4.78, 5) is 0. The molecule has 0 aliphatic carbocycles. The van der Waals surface area contributed by atoms with E-state index in [9.17, 15) is 0 Å². The van der Waals surface area contributed by atoms with Gasteiger partial charge in [-0.3, -0.25) is 0 Å². The Morgan fingerprint density at radius 1 is 1.86 bits per heavy atom. The van der Waals surface area contributed by atoms with Crippen LogP contribution in [0.15, 0.2) is 5.11 Å². The zero-order valence-electron chi connectivity index (χ0n) is 4.32. The van der Waals surface area contributed by atoms with E-state index in [2.05, 4.69) is 5.11 Å². The Balaban J connectivity index is 2.98. The molecule has 0 aromatic heterocycles. The summed E-state index contributed by atoms with van der Waals surface area (Å²) in [5.41, 5.74) is 6.38. The van der Waals surface area contributed by atoms with Crippen molar-refractivity contribution in [3.05, 3.63) is 0 Å². The quantitative estimate of drug-likeness (QED) is 0.437. The molecule has 0 heterocycles. The maximum absolute atomic E-state index is 6.38. The van der Waals surface area contributed by atoms with Crippen molar-refractivity contribution < 1.29 is 0 Å². The molecule has 0 amide bonds. The average molecular weight is 121 g/mol. The largest absolute Gasteiger partial charge is 0.210 e. The number of nitrogens with one attached hydrogen (secondary N) is 1. The van der Waals surface area contributed by atoms with Gasteiger partial charge in [-0.05, 0) is 6.42 Å². The van der Waals surface area contributed by atoms with Gasteiger partial charge in [0.25, 0.3) is 0 Å². The molecular formula is C4H9ClN2. The fraction of sp³-hybridized carbons (Fsp3) is 1.00. The fourth-order valence-corrected chi connectivity index (χ4v) is 0.297. The van der Waals surface area contributed by atoms with Gasteiger partial charge in [-0.15, -0.1) is 11.6 Å². The van der Waals surface area contributed by atoms with Crippen molar-refractivity contribution in [2.24, 2.45) is 5.11 Å². The molecule has 0 aromatic carbocycles. The Morgan fingerprint density at radius 2 is 2.43 bits per heavy atom. The molecule has 0 bridgehead atoms. The highest BCUT2D eigenvalue weighted by Crippen LogP contribution is 1.99. The van der Waals surface area contributed by atoms with E-state index in [0.717, 1.165) is 6.42 Å². The van der Waals surface area contributed by atoms with Crippen LogP contribution in [0.25, 0.3) is 0 Å². The Morgan fingerprint density at radius 3 is 2.57 bits per heavy atom. The molecule has 0 aromatic rings. The summed E-state index contributed by atoms with van der Waals surface area (Å²) in [6, 6.07) is 0. The van der Waals surface area contributed by atoms with Crippen LogP contribution >= 0.6 is 11.6 Å². The molecule has 3 heteroatoms. The zero-order chi connectivity index (χ0) is 5.70. The lowest BCUT2D eigenvalue weighted by Crippen LogP contribution is -1.98. The van der Waals surface area contributed by atoms with Crippen LogP contribution in [0.2, 0.25) is 0 Å². The van der Waals surface area contributed by atoms with E-state index < -0.39 is 0 Å². The number of nitrogens with zero attached hydrogens (tertiary/aromatic N) is 1. The van der Waals surface area contributed by atoms with Crippen molar-refractivity contribution in [1.29, 1.82) is 5.53 Å². The predicted molar refractivity (Wildman–Crippen MR) is 29.9 cm³/mol. The third-order valence-electron chi connectivity index (χ3n) is 0.732. The molecule has 42 valence electrons. The minimum Gasteiger partial charge on any atom is -0.210 e. The highest BCUT2D eigenvalue weighted by molar-refractivity contribution is 6.20. The maximum Gasteiger partial charge on any atom is 0.0760 e. The summed E-state index contributed by atoms with van der Waals surface area (Å²) in [5, 5.41) is 3.19. The summed E-state index contributed by atoms with van der Waals surface area (Å²) in [6.45, 7) is 2.43. The van der Waals surface area contributed by atoms with E-state index in [0.29, 0.717) is 6.54 Å². The normalized spacial score (nSPS) is 13.4. The molecule has 0 saturated heterocycles. The van der Waals surface area contributed by atoms with Gasteiger partial charge >= 0.3 is 0 Å². The molecule has 1 unspecified atom stereocenters. The molecule has 0 fully saturated rings. The molecular weight excluding hydrogens is 112 g/mol. The van der Waals surface area contributed by atoms with Crippen LogP contribution < -0.4 is 0 Å². The molecule has 0 saturated carbocycles. The van der Waals surface area contributed by atoms with Crippen molar-refractivity contribution in [2.45, 2.75) is 18.7 Å². The SMILES string of the molecule is CCC(Cl)CN=N. The first-order valence-electron chi connectivity index (χ1n) is 2.28. The highest BCUT2D eigenvalue weighted by Gasteiger charge is 1.95. The van der Waals surface area contributed by atoms with E-state index >= 15 is 0 Å². The molecule has 1 N–H and O–H groups in total. The molecule has 0 aliphatic heterocycles. The summed E-state index contributed by atoms with van der Waals surface area (Å²) < 4.78 is 0. The molecule has 0 spiro atoms. The molecule has 0 radical (unpaired) electrons. The smallest absolute Gasteiger partial charge is 0.0760 e. The highest BCUT2D eigenvalue weighted by atomic mass is 35.5. The minimum absolute atomic E-state index is 0.0671. The summed E-state index contributed by atoms with van der Waals surface area (Å²) in [5.74, 6) is 0. The van der Waals surface area contributed by atoms with E-state index in [1.807, 2.05) is 6.92 Å². The number of rotatable bonds is 3. The second-order valence-corrected chi connectivity index (χ2v) is 1.96. The molecule has 2 nitrogen and oxygen atoms in total. The summed E-state index contributed by atoms with van der Waals surface area (Å²) >= 11 is 5.55. The Labute approximate surface area is 48.4 Å².